The van der Waals surface area contributed by atoms with Gasteiger partial charge < -0.3 is 5.32 Å². The maximum absolute atomic E-state index is 12.4. The molecular formula is C21H19N3O5S. The number of nitrogens with zero attached hydrogens (tertiary/aromatic N) is 1. The molecule has 1 amide bonds. The maximum Gasteiger partial charge on any atom is 0.272 e. The predicted molar refractivity (Wildman–Crippen MR) is 114 cm³/mol. The molecule has 0 aliphatic carbocycles. The van der Waals surface area contributed by atoms with Crippen LogP contribution in [0.5, 0.6) is 0 Å². The topological polar surface area (TPSA) is 118 Å². The first kappa shape index (κ1) is 21.0. The molecule has 30 heavy (non-hydrogen) atoms. The lowest BCUT2D eigenvalue weighted by Gasteiger charge is -2.10. The van der Waals surface area contributed by atoms with E-state index >= 15 is 0 Å². The van der Waals surface area contributed by atoms with Crippen molar-refractivity contribution in [2.24, 2.45) is 0 Å². The van der Waals surface area contributed by atoms with E-state index in [9.17, 15) is 23.3 Å². The summed E-state index contributed by atoms with van der Waals surface area (Å²) < 4.78 is 27.4. The summed E-state index contributed by atoms with van der Waals surface area (Å²) in [6.45, 7) is 3.43. The van der Waals surface area contributed by atoms with E-state index in [1.165, 1.54) is 42.5 Å². The lowest BCUT2D eigenvalue weighted by molar-refractivity contribution is -0.385. The summed E-state index contributed by atoms with van der Waals surface area (Å²) in [5, 5.41) is 13.6. The van der Waals surface area contributed by atoms with Gasteiger partial charge in [-0.3, -0.25) is 19.6 Å². The van der Waals surface area contributed by atoms with Gasteiger partial charge in [-0.15, -0.1) is 0 Å². The number of aryl methyl sites for hydroxylation is 2. The van der Waals surface area contributed by atoms with E-state index in [1.54, 1.807) is 31.2 Å². The van der Waals surface area contributed by atoms with Crippen LogP contribution < -0.4 is 10.0 Å². The SMILES string of the molecule is Cc1ccc(S(=O)(=O)Nc2ccc(NC(=O)c3ccc([N+](=O)[O-])c(C)c3)cc2)cc1. The van der Waals surface area contributed by atoms with Crippen molar-refractivity contribution in [1.82, 2.24) is 0 Å². The monoisotopic (exact) mass is 425 g/mol. The van der Waals surface area contributed by atoms with Crippen LogP contribution >= 0.6 is 0 Å². The van der Waals surface area contributed by atoms with Crippen LogP contribution in [0.2, 0.25) is 0 Å². The Hall–Kier alpha value is -3.72. The Bertz CT molecular complexity index is 1200. The van der Waals surface area contributed by atoms with Crippen LogP contribution in [0.4, 0.5) is 17.1 Å². The Kier molecular flexibility index (Phi) is 5.84. The Balaban J connectivity index is 1.70. The van der Waals surface area contributed by atoms with Gasteiger partial charge in [-0.05, 0) is 62.4 Å². The summed E-state index contributed by atoms with van der Waals surface area (Å²) in [6, 6.07) is 16.8. The highest BCUT2D eigenvalue weighted by atomic mass is 32.2. The van der Waals surface area contributed by atoms with Crippen molar-refractivity contribution in [3.63, 3.8) is 0 Å². The molecule has 0 fully saturated rings. The molecule has 0 radical (unpaired) electrons. The molecule has 0 aliphatic heterocycles. The fourth-order valence-corrected chi connectivity index (χ4v) is 3.82. The van der Waals surface area contributed by atoms with Gasteiger partial charge in [0.2, 0.25) is 0 Å². The van der Waals surface area contributed by atoms with Crippen LogP contribution in [-0.2, 0) is 10.0 Å². The number of carbonyl (C=O) groups is 1. The number of amides is 1. The largest absolute Gasteiger partial charge is 0.322 e. The van der Waals surface area contributed by atoms with Crippen molar-refractivity contribution in [2.75, 3.05) is 10.0 Å². The standard InChI is InChI=1S/C21H19N3O5S/c1-14-3-10-19(11-4-14)30(28,29)23-18-8-6-17(7-9-18)22-21(25)16-5-12-20(24(26)27)15(2)13-16/h3-13,23H,1-2H3,(H,22,25). The van der Waals surface area contributed by atoms with Crippen LogP contribution in [-0.4, -0.2) is 19.2 Å². The van der Waals surface area contributed by atoms with Crippen LogP contribution in [0.15, 0.2) is 71.6 Å². The van der Waals surface area contributed by atoms with Gasteiger partial charge in [-0.25, -0.2) is 8.42 Å². The van der Waals surface area contributed by atoms with E-state index in [0.29, 0.717) is 16.9 Å². The Morgan fingerprint density at radius 2 is 1.50 bits per heavy atom. The number of nitrogens with one attached hydrogen (secondary N) is 2. The number of sulfonamides is 1. The summed E-state index contributed by atoms with van der Waals surface area (Å²) in [6.07, 6.45) is 0. The first-order valence-corrected chi connectivity index (χ1v) is 10.4. The van der Waals surface area contributed by atoms with Crippen molar-refractivity contribution in [3.8, 4) is 0 Å². The minimum atomic E-state index is -3.72. The van der Waals surface area contributed by atoms with Crippen LogP contribution in [0.3, 0.4) is 0 Å². The molecule has 0 saturated heterocycles. The average molecular weight is 425 g/mol. The van der Waals surface area contributed by atoms with Crippen LogP contribution in [0.25, 0.3) is 0 Å². The third-order valence-electron chi connectivity index (χ3n) is 4.38. The number of hydrogen-bond donors (Lipinski definition) is 2. The average Bonchev–Trinajstić information content (AvgIpc) is 2.69. The number of benzene rings is 3. The Morgan fingerprint density at radius 1 is 0.900 bits per heavy atom. The van der Waals surface area contributed by atoms with Crippen LogP contribution in [0, 0.1) is 24.0 Å². The van der Waals surface area contributed by atoms with Gasteiger partial charge in [-0.2, -0.15) is 0 Å². The van der Waals surface area contributed by atoms with E-state index < -0.39 is 20.9 Å². The highest BCUT2D eigenvalue weighted by Gasteiger charge is 2.15. The Labute approximate surface area is 173 Å². The lowest BCUT2D eigenvalue weighted by Crippen LogP contribution is -2.14. The zero-order valence-electron chi connectivity index (χ0n) is 16.2. The minimum Gasteiger partial charge on any atom is -0.322 e. The van der Waals surface area contributed by atoms with E-state index in [0.717, 1.165) is 5.56 Å². The van der Waals surface area contributed by atoms with Crippen molar-refractivity contribution in [3.05, 3.63) is 93.5 Å². The molecule has 2 N–H and O–H groups in total. The van der Waals surface area contributed by atoms with Gasteiger partial charge in [0.05, 0.1) is 9.82 Å². The number of hydrogen-bond acceptors (Lipinski definition) is 5. The molecule has 9 heteroatoms. The zero-order valence-corrected chi connectivity index (χ0v) is 17.1. The molecular weight excluding hydrogens is 406 g/mol. The molecule has 0 aromatic heterocycles. The second-order valence-corrected chi connectivity index (χ2v) is 8.39. The van der Waals surface area contributed by atoms with Crippen LogP contribution in [0.1, 0.15) is 21.5 Å². The van der Waals surface area contributed by atoms with Gasteiger partial charge >= 0.3 is 0 Å². The summed E-state index contributed by atoms with van der Waals surface area (Å²) in [5.74, 6) is -0.430. The van der Waals surface area contributed by atoms with Gasteiger partial charge in [-0.1, -0.05) is 17.7 Å². The van der Waals surface area contributed by atoms with Crippen molar-refractivity contribution < 1.29 is 18.1 Å². The molecule has 0 spiro atoms. The summed E-state index contributed by atoms with van der Waals surface area (Å²) in [7, 11) is -3.72. The number of rotatable bonds is 6. The second-order valence-electron chi connectivity index (χ2n) is 6.71. The van der Waals surface area contributed by atoms with Crippen molar-refractivity contribution in [2.45, 2.75) is 18.7 Å². The second kappa shape index (κ2) is 8.34. The highest BCUT2D eigenvalue weighted by Crippen LogP contribution is 2.21. The molecule has 3 rings (SSSR count). The van der Waals surface area contributed by atoms with Crippen molar-refractivity contribution in [1.29, 1.82) is 0 Å². The molecule has 0 bridgehead atoms. The lowest BCUT2D eigenvalue weighted by atomic mass is 10.1. The first-order chi connectivity index (χ1) is 14.2. The molecule has 8 nitrogen and oxygen atoms in total. The third-order valence-corrected chi connectivity index (χ3v) is 5.78. The number of anilines is 2. The van der Waals surface area contributed by atoms with Gasteiger partial charge in [0.25, 0.3) is 21.6 Å². The summed E-state index contributed by atoms with van der Waals surface area (Å²) >= 11 is 0. The molecule has 0 saturated carbocycles. The zero-order chi connectivity index (χ0) is 21.9. The molecule has 0 heterocycles. The fraction of sp³-hybridized carbons (Fsp3) is 0.0952. The number of nitro groups is 1. The fourth-order valence-electron chi connectivity index (χ4n) is 2.76. The van der Waals surface area contributed by atoms with Gasteiger partial charge in [0.15, 0.2) is 0 Å². The molecule has 0 aliphatic rings. The third kappa shape index (κ3) is 4.81. The Morgan fingerprint density at radius 3 is 2.07 bits per heavy atom. The molecule has 3 aromatic rings. The molecule has 3 aromatic carbocycles. The normalized spacial score (nSPS) is 11.0. The predicted octanol–water partition coefficient (Wildman–Crippen LogP) is 4.26. The maximum atomic E-state index is 12.4. The molecule has 0 atom stereocenters. The van der Waals surface area contributed by atoms with E-state index in [1.807, 2.05) is 6.92 Å². The van der Waals surface area contributed by atoms with Gasteiger partial charge in [0, 0.05) is 28.6 Å². The highest BCUT2D eigenvalue weighted by molar-refractivity contribution is 7.92. The van der Waals surface area contributed by atoms with Gasteiger partial charge in [0.1, 0.15) is 0 Å². The minimum absolute atomic E-state index is 0.0586. The smallest absolute Gasteiger partial charge is 0.272 e. The van der Waals surface area contributed by atoms with E-state index in [-0.39, 0.29) is 16.1 Å². The quantitative estimate of drug-likeness (QED) is 0.452. The van der Waals surface area contributed by atoms with Crippen molar-refractivity contribution >= 4 is 33.0 Å². The molecule has 0 unspecified atom stereocenters. The van der Waals surface area contributed by atoms with E-state index in [2.05, 4.69) is 10.0 Å². The first-order valence-electron chi connectivity index (χ1n) is 8.92. The number of carbonyl (C=O) groups excluding carboxylic acids is 1. The number of nitro benzene ring substituents is 1. The van der Waals surface area contributed by atoms with E-state index in [4.69, 9.17) is 0 Å². The summed E-state index contributed by atoms with van der Waals surface area (Å²) in [5.41, 5.74) is 2.36. The summed E-state index contributed by atoms with van der Waals surface area (Å²) in [4.78, 5) is 22.9. The molecule has 154 valence electrons.